The first-order valence-electron chi connectivity index (χ1n) is 6.99. The molecule has 116 valence electrons. The number of amides is 2. The Balaban J connectivity index is 2.50. The van der Waals surface area contributed by atoms with E-state index in [9.17, 15) is 13.8 Å². The molecule has 0 aromatic rings. The molecule has 1 aliphatic heterocycles. The van der Waals surface area contributed by atoms with Crippen LogP contribution in [-0.4, -0.2) is 56.9 Å². The van der Waals surface area contributed by atoms with Crippen molar-refractivity contribution in [1.82, 2.24) is 10.2 Å². The lowest BCUT2D eigenvalue weighted by Gasteiger charge is -2.35. The third-order valence-corrected chi connectivity index (χ3v) is 4.32. The minimum Gasteiger partial charge on any atom is -0.481 e. The molecule has 0 saturated carbocycles. The maximum atomic E-state index is 12.2. The topological polar surface area (TPSA) is 86.7 Å². The van der Waals surface area contributed by atoms with Gasteiger partial charge in [0.15, 0.2) is 0 Å². The predicted molar refractivity (Wildman–Crippen MR) is 78.1 cm³/mol. The standard InChI is InChI=1S/C13H24N2O4S/c1-10(6-8-20(2)19)14-13(18)15-7-4-3-5-11(15)9-12(16)17/h10-11H,3-9H2,1-2H3,(H,14,18)(H,16,17). The van der Waals surface area contributed by atoms with Crippen molar-refractivity contribution in [3.05, 3.63) is 0 Å². The summed E-state index contributed by atoms with van der Waals surface area (Å²) in [5.74, 6) is -0.316. The van der Waals surface area contributed by atoms with Crippen LogP contribution in [0.4, 0.5) is 4.79 Å². The Morgan fingerprint density at radius 1 is 1.45 bits per heavy atom. The maximum absolute atomic E-state index is 12.2. The van der Waals surface area contributed by atoms with Gasteiger partial charge in [-0.3, -0.25) is 9.00 Å². The van der Waals surface area contributed by atoms with E-state index in [0.29, 0.717) is 18.7 Å². The fourth-order valence-electron chi connectivity index (χ4n) is 2.39. The van der Waals surface area contributed by atoms with E-state index in [4.69, 9.17) is 5.11 Å². The number of carbonyl (C=O) groups is 2. The van der Waals surface area contributed by atoms with Crippen molar-refractivity contribution in [1.29, 1.82) is 0 Å². The molecular weight excluding hydrogens is 280 g/mol. The largest absolute Gasteiger partial charge is 0.481 e. The van der Waals surface area contributed by atoms with E-state index < -0.39 is 16.8 Å². The van der Waals surface area contributed by atoms with Gasteiger partial charge in [-0.15, -0.1) is 0 Å². The van der Waals surface area contributed by atoms with Gasteiger partial charge in [-0.1, -0.05) is 0 Å². The molecule has 1 saturated heterocycles. The molecule has 2 N–H and O–H groups in total. The molecule has 7 heteroatoms. The number of rotatable bonds is 6. The first-order chi connectivity index (χ1) is 9.40. The van der Waals surface area contributed by atoms with Crippen LogP contribution in [-0.2, 0) is 15.6 Å². The monoisotopic (exact) mass is 304 g/mol. The number of piperidine rings is 1. The number of hydrogen-bond acceptors (Lipinski definition) is 3. The zero-order valence-electron chi connectivity index (χ0n) is 12.1. The van der Waals surface area contributed by atoms with Crippen molar-refractivity contribution >= 4 is 22.8 Å². The van der Waals surface area contributed by atoms with Crippen LogP contribution in [0, 0.1) is 0 Å². The number of carboxylic acid groups (broad SMARTS) is 1. The van der Waals surface area contributed by atoms with Gasteiger partial charge in [0.05, 0.1) is 6.42 Å². The molecule has 1 heterocycles. The van der Waals surface area contributed by atoms with Crippen molar-refractivity contribution in [3.8, 4) is 0 Å². The Hall–Kier alpha value is -1.11. The van der Waals surface area contributed by atoms with Crippen LogP contribution in [0.2, 0.25) is 0 Å². The number of carboxylic acids is 1. The summed E-state index contributed by atoms with van der Waals surface area (Å²) in [7, 11) is -0.863. The summed E-state index contributed by atoms with van der Waals surface area (Å²) in [4.78, 5) is 24.7. The number of aliphatic carboxylic acids is 1. The van der Waals surface area contributed by atoms with Crippen molar-refractivity contribution in [3.63, 3.8) is 0 Å². The lowest BCUT2D eigenvalue weighted by molar-refractivity contribution is -0.138. The molecule has 0 aromatic heterocycles. The fourth-order valence-corrected chi connectivity index (χ4v) is 3.08. The second-order valence-corrected chi connectivity index (χ2v) is 6.91. The SMILES string of the molecule is CC(CCS(C)=O)NC(=O)N1CCCCC1CC(=O)O. The first kappa shape index (κ1) is 16.9. The van der Waals surface area contributed by atoms with Gasteiger partial charge in [0.2, 0.25) is 0 Å². The molecule has 2 amide bonds. The molecule has 0 spiro atoms. The molecule has 0 aromatic carbocycles. The minimum atomic E-state index is -0.871. The lowest BCUT2D eigenvalue weighted by Crippen LogP contribution is -2.51. The lowest BCUT2D eigenvalue weighted by atomic mass is 10.00. The van der Waals surface area contributed by atoms with Gasteiger partial charge in [0.25, 0.3) is 0 Å². The van der Waals surface area contributed by atoms with E-state index in [1.807, 2.05) is 6.92 Å². The Bertz CT molecular complexity index is 375. The van der Waals surface area contributed by atoms with Crippen LogP contribution < -0.4 is 5.32 Å². The van der Waals surface area contributed by atoms with Gasteiger partial charge in [-0.05, 0) is 32.6 Å². The highest BCUT2D eigenvalue weighted by molar-refractivity contribution is 7.84. The zero-order chi connectivity index (χ0) is 15.1. The minimum absolute atomic E-state index is 0.000772. The number of likely N-dealkylation sites (tertiary alicyclic amines) is 1. The number of carbonyl (C=O) groups excluding carboxylic acids is 1. The summed E-state index contributed by atoms with van der Waals surface area (Å²) < 4.78 is 11.0. The van der Waals surface area contributed by atoms with E-state index in [2.05, 4.69) is 5.32 Å². The number of nitrogens with one attached hydrogen (secondary N) is 1. The molecule has 0 bridgehead atoms. The van der Waals surface area contributed by atoms with Gasteiger partial charge in [0, 0.05) is 41.4 Å². The molecule has 3 unspecified atom stereocenters. The third kappa shape index (κ3) is 5.90. The molecule has 1 fully saturated rings. The second-order valence-electron chi connectivity index (χ2n) is 5.36. The van der Waals surface area contributed by atoms with Gasteiger partial charge < -0.3 is 15.3 Å². The molecule has 1 rings (SSSR count). The zero-order valence-corrected chi connectivity index (χ0v) is 12.9. The molecular formula is C13H24N2O4S. The van der Waals surface area contributed by atoms with Gasteiger partial charge in [-0.2, -0.15) is 0 Å². The average molecular weight is 304 g/mol. The Kier molecular flexibility index (Phi) is 6.98. The first-order valence-corrected chi connectivity index (χ1v) is 8.71. The number of urea groups is 1. The van der Waals surface area contributed by atoms with E-state index >= 15 is 0 Å². The Morgan fingerprint density at radius 2 is 2.15 bits per heavy atom. The predicted octanol–water partition coefficient (Wildman–Crippen LogP) is 1.18. The Morgan fingerprint density at radius 3 is 2.75 bits per heavy atom. The van der Waals surface area contributed by atoms with Crippen LogP contribution >= 0.6 is 0 Å². The molecule has 0 radical (unpaired) electrons. The van der Waals surface area contributed by atoms with E-state index in [1.54, 1.807) is 11.2 Å². The van der Waals surface area contributed by atoms with E-state index in [0.717, 1.165) is 19.3 Å². The normalized spacial score (nSPS) is 22.1. The van der Waals surface area contributed by atoms with Crippen molar-refractivity contribution in [2.24, 2.45) is 0 Å². The van der Waals surface area contributed by atoms with Gasteiger partial charge in [0.1, 0.15) is 0 Å². The third-order valence-electron chi connectivity index (χ3n) is 3.51. The summed E-state index contributed by atoms with van der Waals surface area (Å²) in [6.45, 7) is 2.48. The number of hydrogen-bond donors (Lipinski definition) is 2. The molecule has 20 heavy (non-hydrogen) atoms. The van der Waals surface area contributed by atoms with Crippen LogP contribution in [0.5, 0.6) is 0 Å². The smallest absolute Gasteiger partial charge is 0.317 e. The van der Waals surface area contributed by atoms with Crippen molar-refractivity contribution in [2.45, 2.75) is 51.1 Å². The summed E-state index contributed by atoms with van der Waals surface area (Å²) in [5, 5.41) is 11.8. The van der Waals surface area contributed by atoms with Crippen molar-refractivity contribution < 1.29 is 18.9 Å². The van der Waals surface area contributed by atoms with Crippen LogP contribution in [0.25, 0.3) is 0 Å². The summed E-state index contributed by atoms with van der Waals surface area (Å²) >= 11 is 0. The van der Waals surface area contributed by atoms with Gasteiger partial charge in [-0.25, -0.2) is 4.79 Å². The van der Waals surface area contributed by atoms with Crippen molar-refractivity contribution in [2.75, 3.05) is 18.6 Å². The molecule has 1 aliphatic rings. The molecule has 0 aliphatic carbocycles. The highest BCUT2D eigenvalue weighted by Gasteiger charge is 2.28. The number of nitrogens with zero attached hydrogens (tertiary/aromatic N) is 1. The van der Waals surface area contributed by atoms with E-state index in [1.165, 1.54) is 0 Å². The molecule has 3 atom stereocenters. The average Bonchev–Trinajstić information content (AvgIpc) is 2.36. The molecule has 6 nitrogen and oxygen atoms in total. The second kappa shape index (κ2) is 8.24. The van der Waals surface area contributed by atoms with E-state index in [-0.39, 0.29) is 24.5 Å². The summed E-state index contributed by atoms with van der Waals surface area (Å²) in [5.41, 5.74) is 0. The van der Waals surface area contributed by atoms with Crippen LogP contribution in [0.3, 0.4) is 0 Å². The maximum Gasteiger partial charge on any atom is 0.317 e. The van der Waals surface area contributed by atoms with Crippen LogP contribution in [0.15, 0.2) is 0 Å². The summed E-state index contributed by atoms with van der Waals surface area (Å²) in [6, 6.07) is -0.474. The highest BCUT2D eigenvalue weighted by Crippen LogP contribution is 2.19. The fraction of sp³-hybridized carbons (Fsp3) is 0.846. The van der Waals surface area contributed by atoms with Crippen LogP contribution in [0.1, 0.15) is 39.0 Å². The summed E-state index contributed by atoms with van der Waals surface area (Å²) in [6.07, 6.45) is 4.92. The Labute approximate surface area is 122 Å². The highest BCUT2D eigenvalue weighted by atomic mass is 32.2. The quantitative estimate of drug-likeness (QED) is 0.771. The van der Waals surface area contributed by atoms with Gasteiger partial charge >= 0.3 is 12.0 Å².